The van der Waals surface area contributed by atoms with E-state index in [2.05, 4.69) is 0 Å². The maximum atomic E-state index is 11.5. The summed E-state index contributed by atoms with van der Waals surface area (Å²) in [5, 5.41) is 0. The van der Waals surface area contributed by atoms with Crippen LogP contribution in [-0.4, -0.2) is 17.5 Å². The van der Waals surface area contributed by atoms with Crippen molar-refractivity contribution in [3.63, 3.8) is 0 Å². The van der Waals surface area contributed by atoms with Crippen molar-refractivity contribution in [2.24, 2.45) is 5.92 Å². The second-order valence-electron chi connectivity index (χ2n) is 4.33. The zero-order valence-corrected chi connectivity index (χ0v) is 9.49. The number of rotatable bonds is 3. The van der Waals surface area contributed by atoms with E-state index in [0.29, 0.717) is 5.76 Å². The molecule has 0 spiro atoms. The first-order valence-corrected chi connectivity index (χ1v) is 4.95. The Bertz CT molecular complexity index is 313. The van der Waals surface area contributed by atoms with Gasteiger partial charge in [0.1, 0.15) is 11.5 Å². The van der Waals surface area contributed by atoms with E-state index in [9.17, 15) is 9.59 Å². The van der Waals surface area contributed by atoms with Gasteiger partial charge in [0.05, 0.1) is 12.5 Å². The molecule has 0 fully saturated rings. The predicted octanol–water partition coefficient (Wildman–Crippen LogP) is 1.79. The minimum absolute atomic E-state index is 0.0479. The summed E-state index contributed by atoms with van der Waals surface area (Å²) in [4.78, 5) is 22.6. The van der Waals surface area contributed by atoms with Gasteiger partial charge in [-0.1, -0.05) is 13.8 Å². The molecular formula is C11H16O4. The first kappa shape index (κ1) is 11.8. The van der Waals surface area contributed by atoms with E-state index in [0.717, 1.165) is 0 Å². The molecule has 0 aromatic rings. The van der Waals surface area contributed by atoms with Gasteiger partial charge in [-0.15, -0.1) is 0 Å². The minimum Gasteiger partial charge on any atom is -0.456 e. The molecule has 4 heteroatoms. The molecule has 0 saturated carbocycles. The average molecular weight is 212 g/mol. The largest absolute Gasteiger partial charge is 0.456 e. The number of cyclic esters (lactones) is 1. The summed E-state index contributed by atoms with van der Waals surface area (Å²) in [6, 6.07) is 0. The fraction of sp³-hybridized carbons (Fsp3) is 0.636. The average Bonchev–Trinajstić information content (AvgIpc) is 1.99. The van der Waals surface area contributed by atoms with Crippen LogP contribution in [0.1, 0.15) is 34.1 Å². The van der Waals surface area contributed by atoms with Crippen LogP contribution < -0.4 is 0 Å². The number of carbonyl (C=O) groups excluding carboxylic acids is 2. The smallest absolute Gasteiger partial charge is 0.337 e. The van der Waals surface area contributed by atoms with Crippen LogP contribution in [0.5, 0.6) is 0 Å². The second kappa shape index (κ2) is 4.04. The highest BCUT2D eigenvalue weighted by atomic mass is 16.7. The van der Waals surface area contributed by atoms with Gasteiger partial charge < -0.3 is 9.47 Å². The van der Waals surface area contributed by atoms with Gasteiger partial charge in [-0.2, -0.15) is 0 Å². The van der Waals surface area contributed by atoms with Crippen molar-refractivity contribution in [2.45, 2.75) is 39.9 Å². The first-order chi connectivity index (χ1) is 6.80. The van der Waals surface area contributed by atoms with Crippen molar-refractivity contribution in [1.29, 1.82) is 0 Å². The second-order valence-corrected chi connectivity index (χ2v) is 4.33. The molecule has 0 amide bonds. The molecular weight excluding hydrogens is 196 g/mol. The molecule has 0 radical (unpaired) electrons. The normalized spacial score (nSPS) is 19.3. The highest BCUT2D eigenvalue weighted by molar-refractivity contribution is 5.87. The van der Waals surface area contributed by atoms with Crippen LogP contribution in [0.4, 0.5) is 0 Å². The highest BCUT2D eigenvalue weighted by Gasteiger charge is 2.30. The van der Waals surface area contributed by atoms with E-state index in [1.165, 1.54) is 6.08 Å². The zero-order chi connectivity index (χ0) is 11.6. The van der Waals surface area contributed by atoms with E-state index in [-0.39, 0.29) is 18.1 Å². The summed E-state index contributed by atoms with van der Waals surface area (Å²) in [6.45, 7) is 6.90. The summed E-state index contributed by atoms with van der Waals surface area (Å²) < 4.78 is 10.3. The standard InChI is InChI=1S/C11H16O4/c1-7(2)9(12)5-8-6-10(13)15-11(3,4)14-8/h6-7H,5H2,1-4H3. The van der Waals surface area contributed by atoms with Gasteiger partial charge in [0, 0.05) is 19.8 Å². The third-order valence-electron chi connectivity index (χ3n) is 1.99. The van der Waals surface area contributed by atoms with Crippen LogP contribution in [0, 0.1) is 5.92 Å². The Morgan fingerprint density at radius 3 is 2.47 bits per heavy atom. The predicted molar refractivity (Wildman–Crippen MR) is 53.8 cm³/mol. The molecule has 0 aliphatic carbocycles. The van der Waals surface area contributed by atoms with E-state index in [4.69, 9.17) is 9.47 Å². The minimum atomic E-state index is -0.974. The lowest BCUT2D eigenvalue weighted by Gasteiger charge is -2.30. The topological polar surface area (TPSA) is 52.6 Å². The summed E-state index contributed by atoms with van der Waals surface area (Å²) in [7, 11) is 0. The lowest BCUT2D eigenvalue weighted by Crippen LogP contribution is -2.35. The lowest BCUT2D eigenvalue weighted by atomic mass is 10.0. The van der Waals surface area contributed by atoms with E-state index in [1.54, 1.807) is 13.8 Å². The number of hydrogen-bond acceptors (Lipinski definition) is 4. The van der Waals surface area contributed by atoms with Gasteiger partial charge in [0.2, 0.25) is 5.79 Å². The van der Waals surface area contributed by atoms with Gasteiger partial charge in [0.15, 0.2) is 0 Å². The van der Waals surface area contributed by atoms with Gasteiger partial charge in [-0.3, -0.25) is 4.79 Å². The molecule has 84 valence electrons. The summed E-state index contributed by atoms with van der Waals surface area (Å²) in [5.41, 5.74) is 0. The van der Waals surface area contributed by atoms with Crippen LogP contribution in [0.15, 0.2) is 11.8 Å². The number of esters is 1. The van der Waals surface area contributed by atoms with Gasteiger partial charge in [0.25, 0.3) is 0 Å². The first-order valence-electron chi connectivity index (χ1n) is 4.95. The fourth-order valence-electron chi connectivity index (χ4n) is 1.23. The Kier molecular flexibility index (Phi) is 3.17. The van der Waals surface area contributed by atoms with Crippen LogP contribution in [-0.2, 0) is 19.1 Å². The third kappa shape index (κ3) is 3.38. The maximum Gasteiger partial charge on any atom is 0.337 e. The molecule has 0 bridgehead atoms. The Morgan fingerprint density at radius 2 is 2.00 bits per heavy atom. The molecule has 1 heterocycles. The summed E-state index contributed by atoms with van der Waals surface area (Å²) >= 11 is 0. The van der Waals surface area contributed by atoms with Crippen LogP contribution in [0.25, 0.3) is 0 Å². The molecule has 1 rings (SSSR count). The van der Waals surface area contributed by atoms with E-state index in [1.807, 2.05) is 13.8 Å². The third-order valence-corrected chi connectivity index (χ3v) is 1.99. The van der Waals surface area contributed by atoms with Crippen molar-refractivity contribution in [1.82, 2.24) is 0 Å². The molecule has 0 unspecified atom stereocenters. The molecule has 0 saturated heterocycles. The number of ether oxygens (including phenoxy) is 2. The highest BCUT2D eigenvalue weighted by Crippen LogP contribution is 2.24. The number of allylic oxidation sites excluding steroid dienone is 1. The van der Waals surface area contributed by atoms with Crippen molar-refractivity contribution in [3.05, 3.63) is 11.8 Å². The van der Waals surface area contributed by atoms with Gasteiger partial charge in [-0.05, 0) is 0 Å². The SMILES string of the molecule is CC(C)C(=O)CC1=CC(=O)OC(C)(C)O1. The quantitative estimate of drug-likeness (QED) is 0.669. The molecule has 0 N–H and O–H groups in total. The van der Waals surface area contributed by atoms with Crippen LogP contribution in [0.2, 0.25) is 0 Å². The monoisotopic (exact) mass is 212 g/mol. The number of carbonyl (C=O) groups is 2. The van der Waals surface area contributed by atoms with E-state index >= 15 is 0 Å². The Hall–Kier alpha value is -1.32. The molecule has 0 aromatic carbocycles. The molecule has 1 aliphatic rings. The Labute approximate surface area is 89.2 Å². The zero-order valence-electron chi connectivity index (χ0n) is 9.49. The van der Waals surface area contributed by atoms with Crippen molar-refractivity contribution in [3.8, 4) is 0 Å². The summed E-state index contributed by atoms with van der Waals surface area (Å²) in [6.07, 6.45) is 1.38. The molecule has 1 aliphatic heterocycles. The van der Waals surface area contributed by atoms with Crippen molar-refractivity contribution >= 4 is 11.8 Å². The number of ketones is 1. The summed E-state index contributed by atoms with van der Waals surface area (Å²) in [5.74, 6) is -1.06. The van der Waals surface area contributed by atoms with Gasteiger partial charge in [-0.25, -0.2) is 4.79 Å². The Morgan fingerprint density at radius 1 is 1.40 bits per heavy atom. The van der Waals surface area contributed by atoms with Crippen LogP contribution in [0.3, 0.4) is 0 Å². The maximum absolute atomic E-state index is 11.5. The molecule has 4 nitrogen and oxygen atoms in total. The fourth-order valence-corrected chi connectivity index (χ4v) is 1.23. The molecule has 0 atom stereocenters. The number of Topliss-reactive ketones (excluding diaryl/α,β-unsaturated/α-hetero) is 1. The van der Waals surface area contributed by atoms with Gasteiger partial charge >= 0.3 is 5.97 Å². The molecule has 0 aromatic heterocycles. The van der Waals surface area contributed by atoms with Crippen LogP contribution >= 0.6 is 0 Å². The molecule has 15 heavy (non-hydrogen) atoms. The number of hydrogen-bond donors (Lipinski definition) is 0. The lowest BCUT2D eigenvalue weighted by molar-refractivity contribution is -0.205. The van der Waals surface area contributed by atoms with Crippen molar-refractivity contribution in [2.75, 3.05) is 0 Å². The van der Waals surface area contributed by atoms with Crippen molar-refractivity contribution < 1.29 is 19.1 Å². The van der Waals surface area contributed by atoms with E-state index < -0.39 is 11.8 Å². The Balaban J connectivity index is 2.71.